The van der Waals surface area contributed by atoms with Gasteiger partial charge in [0.25, 0.3) is 0 Å². The predicted molar refractivity (Wildman–Crippen MR) is 84.5 cm³/mol. The molecule has 0 radical (unpaired) electrons. The van der Waals surface area contributed by atoms with Crippen LogP contribution in [-0.4, -0.2) is 28.9 Å². The number of rotatable bonds is 3. The Kier molecular flexibility index (Phi) is 4.84. The number of ketones is 1. The van der Waals surface area contributed by atoms with Crippen LogP contribution < -0.4 is 0 Å². The number of benzene rings is 1. The zero-order chi connectivity index (χ0) is 14.0. The Balaban J connectivity index is 2.18. The second-order valence-electron chi connectivity index (χ2n) is 5.51. The van der Waals surface area contributed by atoms with Crippen LogP contribution in [0.4, 0.5) is 0 Å². The van der Waals surface area contributed by atoms with Crippen molar-refractivity contribution in [3.05, 3.63) is 26.8 Å². The number of Topliss-reactive ketones (excluding diaryl/α,β-unsaturated/α-hetero) is 1. The molecule has 0 aliphatic carbocycles. The van der Waals surface area contributed by atoms with Gasteiger partial charge >= 0.3 is 0 Å². The normalized spacial score (nSPS) is 20.5. The van der Waals surface area contributed by atoms with Gasteiger partial charge in [0.15, 0.2) is 5.78 Å². The first kappa shape index (κ1) is 14.8. The number of nitrogens with zero attached hydrogens (tertiary/aromatic N) is 1. The van der Waals surface area contributed by atoms with E-state index in [2.05, 4.69) is 34.4 Å². The molecule has 0 unspecified atom stereocenters. The van der Waals surface area contributed by atoms with Crippen LogP contribution in [0.2, 0.25) is 0 Å². The molecule has 1 heterocycles. The second kappa shape index (κ2) is 6.22. The number of phenolic OH excluding ortho intramolecular Hbond substituents is 1. The molecule has 1 aliphatic rings. The monoisotopic (exact) mass is 373 g/mol. The summed E-state index contributed by atoms with van der Waals surface area (Å²) < 4.78 is 0.755. The van der Waals surface area contributed by atoms with E-state index in [0.29, 0.717) is 5.56 Å². The lowest BCUT2D eigenvalue weighted by atomic mass is 9.99. The van der Waals surface area contributed by atoms with Crippen LogP contribution in [0.3, 0.4) is 0 Å². The van der Waals surface area contributed by atoms with Gasteiger partial charge in [-0.05, 0) is 72.5 Å². The van der Waals surface area contributed by atoms with Crippen LogP contribution in [0.15, 0.2) is 12.1 Å². The van der Waals surface area contributed by atoms with Crippen molar-refractivity contribution in [2.75, 3.05) is 13.1 Å². The van der Waals surface area contributed by atoms with Crippen molar-refractivity contribution in [3.63, 3.8) is 0 Å². The van der Waals surface area contributed by atoms with Crippen LogP contribution in [0.5, 0.6) is 5.75 Å². The average molecular weight is 373 g/mol. The van der Waals surface area contributed by atoms with Crippen LogP contribution >= 0.6 is 22.6 Å². The van der Waals surface area contributed by atoms with Gasteiger partial charge in [-0.15, -0.1) is 0 Å². The summed E-state index contributed by atoms with van der Waals surface area (Å²) in [4.78, 5) is 14.0. The largest absolute Gasteiger partial charge is 0.506 e. The van der Waals surface area contributed by atoms with Crippen molar-refractivity contribution in [2.24, 2.45) is 5.92 Å². The van der Waals surface area contributed by atoms with Crippen molar-refractivity contribution in [1.29, 1.82) is 0 Å². The summed E-state index contributed by atoms with van der Waals surface area (Å²) in [5.41, 5.74) is 1.55. The molecule has 1 atom stereocenters. The first-order valence-corrected chi connectivity index (χ1v) is 7.80. The molecule has 19 heavy (non-hydrogen) atoms. The smallest absolute Gasteiger partial charge is 0.163 e. The first-order chi connectivity index (χ1) is 8.97. The van der Waals surface area contributed by atoms with Crippen LogP contribution in [0.25, 0.3) is 0 Å². The Labute approximate surface area is 128 Å². The lowest BCUT2D eigenvalue weighted by molar-refractivity contribution is 0.101. The molecule has 0 spiro atoms. The Morgan fingerprint density at radius 2 is 2.26 bits per heavy atom. The molecule has 3 nitrogen and oxygen atoms in total. The summed E-state index contributed by atoms with van der Waals surface area (Å²) in [6, 6.07) is 3.81. The minimum absolute atomic E-state index is 0.0794. The topological polar surface area (TPSA) is 40.5 Å². The van der Waals surface area contributed by atoms with Crippen molar-refractivity contribution in [2.45, 2.75) is 33.2 Å². The third kappa shape index (κ3) is 3.69. The predicted octanol–water partition coefficient (Wildman–Crippen LogP) is 3.43. The third-order valence-corrected chi connectivity index (χ3v) is 4.47. The van der Waals surface area contributed by atoms with E-state index in [1.54, 1.807) is 0 Å². The van der Waals surface area contributed by atoms with Gasteiger partial charge in [-0.3, -0.25) is 9.69 Å². The van der Waals surface area contributed by atoms with E-state index in [1.165, 1.54) is 19.8 Å². The fraction of sp³-hybridized carbons (Fsp3) is 0.533. The number of hydrogen-bond donors (Lipinski definition) is 1. The SMILES string of the molecule is CC(=O)c1cc(CN2CCC[C@H](C)C2)cc(I)c1O. The highest BCUT2D eigenvalue weighted by Crippen LogP contribution is 2.28. The van der Waals surface area contributed by atoms with Gasteiger partial charge < -0.3 is 5.11 Å². The fourth-order valence-corrected chi connectivity index (χ4v) is 3.39. The highest BCUT2D eigenvalue weighted by atomic mass is 127. The molecule has 0 aromatic heterocycles. The summed E-state index contributed by atoms with van der Waals surface area (Å²) in [7, 11) is 0. The maximum Gasteiger partial charge on any atom is 0.163 e. The van der Waals surface area contributed by atoms with Gasteiger partial charge in [-0.25, -0.2) is 0 Å². The molecule has 0 bridgehead atoms. The van der Waals surface area contributed by atoms with Crippen molar-refractivity contribution in [1.82, 2.24) is 4.90 Å². The van der Waals surface area contributed by atoms with Crippen LogP contribution in [-0.2, 0) is 6.54 Å². The maximum absolute atomic E-state index is 11.5. The third-order valence-electron chi connectivity index (χ3n) is 3.65. The number of carbonyl (C=O) groups excluding carboxylic acids is 1. The molecule has 1 N–H and O–H groups in total. The van der Waals surface area contributed by atoms with E-state index < -0.39 is 0 Å². The summed E-state index contributed by atoms with van der Waals surface area (Å²) >= 11 is 2.09. The highest BCUT2D eigenvalue weighted by molar-refractivity contribution is 14.1. The molecule has 2 rings (SSSR count). The molecule has 0 saturated carbocycles. The zero-order valence-electron chi connectivity index (χ0n) is 11.4. The van der Waals surface area contributed by atoms with E-state index in [0.717, 1.165) is 34.7 Å². The first-order valence-electron chi connectivity index (χ1n) is 6.72. The number of phenols is 1. The Hall–Kier alpha value is -0.620. The Morgan fingerprint density at radius 1 is 1.53 bits per heavy atom. The minimum Gasteiger partial charge on any atom is -0.506 e. The molecule has 4 heteroatoms. The van der Waals surface area contributed by atoms with Crippen molar-refractivity contribution < 1.29 is 9.90 Å². The van der Waals surface area contributed by atoms with E-state index in [9.17, 15) is 9.90 Å². The highest BCUT2D eigenvalue weighted by Gasteiger charge is 2.18. The molecule has 1 saturated heterocycles. The van der Waals surface area contributed by atoms with E-state index in [-0.39, 0.29) is 11.5 Å². The van der Waals surface area contributed by atoms with E-state index in [1.807, 2.05) is 12.1 Å². The number of piperidine rings is 1. The number of carbonyl (C=O) groups is 1. The van der Waals surface area contributed by atoms with Gasteiger partial charge in [-0.2, -0.15) is 0 Å². The van der Waals surface area contributed by atoms with E-state index in [4.69, 9.17) is 0 Å². The van der Waals surface area contributed by atoms with Gasteiger partial charge in [0.1, 0.15) is 5.75 Å². The quantitative estimate of drug-likeness (QED) is 0.652. The lowest BCUT2D eigenvalue weighted by Crippen LogP contribution is -2.33. The van der Waals surface area contributed by atoms with Gasteiger partial charge in [-0.1, -0.05) is 6.92 Å². The summed E-state index contributed by atoms with van der Waals surface area (Å²) in [6.45, 7) is 6.89. The summed E-state index contributed by atoms with van der Waals surface area (Å²) in [5, 5.41) is 9.90. The maximum atomic E-state index is 11.5. The summed E-state index contributed by atoms with van der Waals surface area (Å²) in [5.74, 6) is 0.783. The second-order valence-corrected chi connectivity index (χ2v) is 6.67. The molecular weight excluding hydrogens is 353 g/mol. The minimum atomic E-state index is -0.0794. The Bertz CT molecular complexity index is 487. The van der Waals surface area contributed by atoms with Crippen molar-refractivity contribution in [3.8, 4) is 5.75 Å². The Morgan fingerprint density at radius 3 is 2.89 bits per heavy atom. The molecular formula is C15H20INO2. The molecule has 1 aliphatic heterocycles. The van der Waals surface area contributed by atoms with Crippen LogP contribution in [0, 0.1) is 9.49 Å². The molecule has 1 aromatic rings. The number of halogens is 1. The molecule has 1 fully saturated rings. The standard InChI is InChI=1S/C15H20INO2/c1-10-4-3-5-17(8-10)9-12-6-13(11(2)18)15(19)14(16)7-12/h6-7,10,19H,3-5,8-9H2,1-2H3/t10-/m0/s1. The lowest BCUT2D eigenvalue weighted by Gasteiger charge is -2.31. The zero-order valence-corrected chi connectivity index (χ0v) is 13.6. The molecule has 104 valence electrons. The summed E-state index contributed by atoms with van der Waals surface area (Å²) in [6.07, 6.45) is 2.55. The number of aromatic hydroxyl groups is 1. The van der Waals surface area contributed by atoms with E-state index >= 15 is 0 Å². The van der Waals surface area contributed by atoms with Crippen molar-refractivity contribution >= 4 is 28.4 Å². The van der Waals surface area contributed by atoms with Crippen LogP contribution in [0.1, 0.15) is 42.6 Å². The average Bonchev–Trinajstić information content (AvgIpc) is 2.33. The van der Waals surface area contributed by atoms with Gasteiger partial charge in [0.2, 0.25) is 0 Å². The number of hydrogen-bond acceptors (Lipinski definition) is 3. The number of likely N-dealkylation sites (tertiary alicyclic amines) is 1. The van der Waals surface area contributed by atoms with Gasteiger partial charge in [0, 0.05) is 13.1 Å². The molecule has 1 aromatic carbocycles. The fourth-order valence-electron chi connectivity index (χ4n) is 2.70. The van der Waals surface area contributed by atoms with Gasteiger partial charge in [0.05, 0.1) is 9.13 Å². The molecule has 0 amide bonds.